The van der Waals surface area contributed by atoms with E-state index in [1.54, 1.807) is 0 Å². The van der Waals surface area contributed by atoms with Gasteiger partial charge in [-0.3, -0.25) is 0 Å². The molecule has 0 radical (unpaired) electrons. The molecule has 0 fully saturated rings. The molecular weight excluding hydrogens is 442 g/mol. The maximum absolute atomic E-state index is 4.29. The van der Waals surface area contributed by atoms with E-state index in [0.717, 1.165) is 37.9 Å². The van der Waals surface area contributed by atoms with E-state index in [4.69, 9.17) is 0 Å². The van der Waals surface area contributed by atoms with Crippen LogP contribution in [0, 0.1) is 11.3 Å². The van der Waals surface area contributed by atoms with Gasteiger partial charge in [-0.2, -0.15) is 0 Å². The summed E-state index contributed by atoms with van der Waals surface area (Å²) in [7, 11) is 0. The van der Waals surface area contributed by atoms with Gasteiger partial charge in [0.1, 0.15) is 0 Å². The van der Waals surface area contributed by atoms with Crippen LogP contribution in [0.1, 0.15) is 67.2 Å². The molecule has 0 aromatic rings. The zero-order valence-electron chi connectivity index (χ0n) is 20.5. The average molecular weight is 485 g/mol. The van der Waals surface area contributed by atoms with Crippen molar-refractivity contribution in [1.29, 1.82) is 0 Å². The third-order valence-electron chi connectivity index (χ3n) is 5.91. The second kappa shape index (κ2) is 13.6. The summed E-state index contributed by atoms with van der Waals surface area (Å²) in [6.45, 7) is 22.4. The summed E-state index contributed by atoms with van der Waals surface area (Å²) < 4.78 is 1.24. The molecule has 0 aromatic heterocycles. The highest BCUT2D eigenvalue weighted by atomic mass is 79.9. The normalized spacial score (nSPS) is 17.3. The lowest BCUT2D eigenvalue weighted by molar-refractivity contribution is 0.249. The van der Waals surface area contributed by atoms with Gasteiger partial charge in [0.05, 0.1) is 0 Å². The van der Waals surface area contributed by atoms with Gasteiger partial charge in [-0.1, -0.05) is 111 Å². The molecular formula is C29H42BrN. The summed E-state index contributed by atoms with van der Waals surface area (Å²) in [5.41, 5.74) is 5.99. The van der Waals surface area contributed by atoms with E-state index in [-0.39, 0.29) is 5.41 Å². The van der Waals surface area contributed by atoms with E-state index in [1.165, 1.54) is 26.8 Å². The van der Waals surface area contributed by atoms with E-state index in [2.05, 4.69) is 118 Å². The largest absolute Gasteiger partial charge is 0.384 e. The molecule has 1 nitrogen and oxygen atoms in total. The molecule has 0 saturated carbocycles. The van der Waals surface area contributed by atoms with Gasteiger partial charge in [-0.05, 0) is 62.0 Å². The molecule has 0 aromatic carbocycles. The van der Waals surface area contributed by atoms with Crippen LogP contribution in [0.5, 0.6) is 0 Å². The van der Waals surface area contributed by atoms with Crippen molar-refractivity contribution in [3.8, 4) is 0 Å². The van der Waals surface area contributed by atoms with Crippen molar-refractivity contribution in [3.05, 3.63) is 94.2 Å². The van der Waals surface area contributed by atoms with E-state index >= 15 is 0 Å². The van der Waals surface area contributed by atoms with Crippen molar-refractivity contribution in [2.24, 2.45) is 11.3 Å². The molecule has 0 aliphatic heterocycles. The van der Waals surface area contributed by atoms with E-state index in [0.29, 0.717) is 5.92 Å². The highest BCUT2D eigenvalue weighted by Gasteiger charge is 2.26. The fourth-order valence-corrected chi connectivity index (χ4v) is 4.37. The fraction of sp³-hybridized carbons (Fsp3) is 0.448. The van der Waals surface area contributed by atoms with Crippen molar-refractivity contribution in [3.63, 3.8) is 0 Å². The minimum Gasteiger partial charge on any atom is -0.384 e. The van der Waals surface area contributed by atoms with Gasteiger partial charge in [0.15, 0.2) is 0 Å². The zero-order chi connectivity index (χ0) is 23.4. The van der Waals surface area contributed by atoms with E-state index in [9.17, 15) is 0 Å². The molecule has 2 heteroatoms. The van der Waals surface area contributed by atoms with Gasteiger partial charge >= 0.3 is 0 Å². The molecule has 0 bridgehead atoms. The Labute approximate surface area is 200 Å². The Morgan fingerprint density at radius 2 is 2.00 bits per heavy atom. The molecule has 1 aliphatic rings. The Bertz CT molecular complexity index is 812. The summed E-state index contributed by atoms with van der Waals surface area (Å²) in [6, 6.07) is 0. The third kappa shape index (κ3) is 8.69. The van der Waals surface area contributed by atoms with Crippen LogP contribution in [-0.2, 0) is 0 Å². The monoisotopic (exact) mass is 483 g/mol. The molecule has 1 unspecified atom stereocenters. The average Bonchev–Trinajstić information content (AvgIpc) is 2.75. The molecule has 170 valence electrons. The first kappa shape index (κ1) is 27.2. The summed E-state index contributed by atoms with van der Waals surface area (Å²) in [5.74, 6) is 0.454. The SMILES string of the molecule is C=C\C(C)=C/C(=C\C)C(/C=C\C(CC)C(C)(C)CNC(=C)C1=C(Br)CCC=C1)=C/CC. The van der Waals surface area contributed by atoms with Crippen LogP contribution in [0.15, 0.2) is 94.2 Å². The van der Waals surface area contributed by atoms with Crippen LogP contribution in [0.3, 0.4) is 0 Å². The van der Waals surface area contributed by atoms with E-state index < -0.39 is 0 Å². The van der Waals surface area contributed by atoms with Crippen LogP contribution < -0.4 is 5.32 Å². The summed E-state index contributed by atoms with van der Waals surface area (Å²) >= 11 is 3.71. The molecule has 1 rings (SSSR count). The smallest absolute Gasteiger partial charge is 0.0348 e. The maximum Gasteiger partial charge on any atom is 0.0348 e. The van der Waals surface area contributed by atoms with Gasteiger partial charge in [0.25, 0.3) is 0 Å². The quantitative estimate of drug-likeness (QED) is 0.272. The second-order valence-corrected chi connectivity index (χ2v) is 9.82. The van der Waals surface area contributed by atoms with Gasteiger partial charge in [-0.15, -0.1) is 0 Å². The molecule has 0 spiro atoms. The number of hydrogen-bond donors (Lipinski definition) is 1. The van der Waals surface area contributed by atoms with Crippen molar-refractivity contribution in [2.75, 3.05) is 6.54 Å². The number of halogens is 1. The first-order valence-corrected chi connectivity index (χ1v) is 12.3. The Morgan fingerprint density at radius 1 is 1.29 bits per heavy atom. The Hall–Kier alpha value is -1.80. The van der Waals surface area contributed by atoms with Gasteiger partial charge < -0.3 is 5.32 Å². The Kier molecular flexibility index (Phi) is 11.9. The summed E-state index contributed by atoms with van der Waals surface area (Å²) in [6.07, 6.45) is 21.9. The minimum atomic E-state index is 0.0971. The molecule has 31 heavy (non-hydrogen) atoms. The summed E-state index contributed by atoms with van der Waals surface area (Å²) in [5, 5.41) is 3.60. The lowest BCUT2D eigenvalue weighted by Crippen LogP contribution is -2.34. The maximum atomic E-state index is 4.29. The molecule has 1 aliphatic carbocycles. The number of rotatable bonds is 12. The van der Waals surface area contributed by atoms with Crippen LogP contribution in [0.4, 0.5) is 0 Å². The minimum absolute atomic E-state index is 0.0971. The molecule has 1 N–H and O–H groups in total. The number of nitrogens with one attached hydrogen (secondary N) is 1. The summed E-state index contributed by atoms with van der Waals surface area (Å²) in [4.78, 5) is 0. The van der Waals surface area contributed by atoms with Crippen LogP contribution in [-0.4, -0.2) is 6.54 Å². The molecule has 0 heterocycles. The fourth-order valence-electron chi connectivity index (χ4n) is 3.77. The topological polar surface area (TPSA) is 12.0 Å². The first-order chi connectivity index (χ1) is 14.7. The number of hydrogen-bond acceptors (Lipinski definition) is 1. The van der Waals surface area contributed by atoms with Crippen LogP contribution in [0.25, 0.3) is 0 Å². The molecule has 1 atom stereocenters. The van der Waals surface area contributed by atoms with Gasteiger partial charge in [0.2, 0.25) is 0 Å². The standard InChI is InChI=1S/C29H42BrN/c1-9-15-25(24(11-3)20-22(5)10-2)18-19-26(12-4)29(7,8)21-31-23(6)27-16-13-14-17-28(27)30/h10-11,13,15-16,18-20,26,31H,2,6,9,12,14,17,21H2,1,3-5,7-8H3/b19-18-,22-20-,24-11+,25-15+. The highest BCUT2D eigenvalue weighted by Crippen LogP contribution is 2.33. The molecule has 0 saturated heterocycles. The van der Waals surface area contributed by atoms with Crippen molar-refractivity contribution in [2.45, 2.75) is 67.2 Å². The lowest BCUT2D eigenvalue weighted by Gasteiger charge is -2.33. The first-order valence-electron chi connectivity index (χ1n) is 11.5. The van der Waals surface area contributed by atoms with Crippen LogP contribution in [0.2, 0.25) is 0 Å². The zero-order valence-corrected chi connectivity index (χ0v) is 22.1. The Morgan fingerprint density at radius 3 is 2.55 bits per heavy atom. The van der Waals surface area contributed by atoms with Crippen molar-refractivity contribution < 1.29 is 0 Å². The van der Waals surface area contributed by atoms with Crippen molar-refractivity contribution in [1.82, 2.24) is 5.32 Å². The number of allylic oxidation sites excluding steroid dienone is 12. The van der Waals surface area contributed by atoms with Crippen LogP contribution >= 0.6 is 15.9 Å². The highest BCUT2D eigenvalue weighted by molar-refractivity contribution is 9.11. The predicted molar refractivity (Wildman–Crippen MR) is 144 cm³/mol. The molecule has 0 amide bonds. The van der Waals surface area contributed by atoms with Crippen molar-refractivity contribution >= 4 is 15.9 Å². The lowest BCUT2D eigenvalue weighted by atomic mass is 9.76. The second-order valence-electron chi connectivity index (χ2n) is 8.86. The third-order valence-corrected chi connectivity index (χ3v) is 6.74. The van der Waals surface area contributed by atoms with Gasteiger partial charge in [0, 0.05) is 22.3 Å². The predicted octanol–water partition coefficient (Wildman–Crippen LogP) is 9.11. The van der Waals surface area contributed by atoms with Gasteiger partial charge in [-0.25, -0.2) is 0 Å². The van der Waals surface area contributed by atoms with E-state index in [1.807, 2.05) is 6.08 Å². The Balaban J connectivity index is 2.97.